The van der Waals surface area contributed by atoms with Crippen LogP contribution in [-0.4, -0.2) is 29.4 Å². The number of β-lactam (4-membered cyclic amide) rings is 1. The number of carbonyl (C=O) groups is 2. The lowest BCUT2D eigenvalue weighted by Gasteiger charge is -2.37. The number of fused-ring (bicyclic) bond motifs is 1. The second-order valence-corrected chi connectivity index (χ2v) is 8.33. The van der Waals surface area contributed by atoms with Crippen LogP contribution in [0.1, 0.15) is 30.7 Å². The molecule has 5 rings (SSSR count). The standard InChI is InChI=1S/C23H20F3N3O2/c24-14-3-1-12(2-4-14)21-20(16-7-15(25)8-17(26)22(16)29-21)13-5-11(6-13)10-27-23(31)18-9-19(30)28-18/h1-4,7-8,11,13,18,29H,5-6,9-10H2,(H,27,31)(H,28,30)/t11-,13-,18-/m1/s1. The van der Waals surface area contributed by atoms with Crippen LogP contribution in [0.5, 0.6) is 0 Å². The van der Waals surface area contributed by atoms with Gasteiger partial charge in [0.15, 0.2) is 0 Å². The zero-order valence-electron chi connectivity index (χ0n) is 16.5. The van der Waals surface area contributed by atoms with Crippen molar-refractivity contribution in [1.29, 1.82) is 0 Å². The Hall–Kier alpha value is -3.29. The Morgan fingerprint density at radius 2 is 1.77 bits per heavy atom. The molecule has 3 N–H and O–H groups in total. The zero-order chi connectivity index (χ0) is 21.7. The third kappa shape index (κ3) is 3.56. The average Bonchev–Trinajstić information content (AvgIpc) is 3.04. The summed E-state index contributed by atoms with van der Waals surface area (Å²) in [6.07, 6.45) is 1.71. The summed E-state index contributed by atoms with van der Waals surface area (Å²) in [5.41, 5.74) is 2.40. The molecule has 0 radical (unpaired) electrons. The fourth-order valence-corrected chi connectivity index (χ4v) is 4.53. The van der Waals surface area contributed by atoms with Crippen molar-refractivity contribution in [3.8, 4) is 11.3 Å². The smallest absolute Gasteiger partial charge is 0.243 e. The fourth-order valence-electron chi connectivity index (χ4n) is 4.53. The van der Waals surface area contributed by atoms with E-state index in [0.29, 0.717) is 23.2 Å². The summed E-state index contributed by atoms with van der Waals surface area (Å²) in [6.45, 7) is 0.485. The van der Waals surface area contributed by atoms with Crippen LogP contribution in [0.25, 0.3) is 22.2 Å². The molecule has 1 saturated carbocycles. The topological polar surface area (TPSA) is 74.0 Å². The van der Waals surface area contributed by atoms with Crippen molar-refractivity contribution in [3.63, 3.8) is 0 Å². The van der Waals surface area contributed by atoms with Crippen molar-refractivity contribution in [3.05, 3.63) is 59.4 Å². The first-order valence-corrected chi connectivity index (χ1v) is 10.2. The number of hydrogen-bond donors (Lipinski definition) is 3. The number of nitrogens with one attached hydrogen (secondary N) is 3. The monoisotopic (exact) mass is 427 g/mol. The molecule has 160 valence electrons. The Morgan fingerprint density at radius 3 is 2.45 bits per heavy atom. The van der Waals surface area contributed by atoms with Gasteiger partial charge >= 0.3 is 0 Å². The van der Waals surface area contributed by atoms with Crippen LogP contribution in [-0.2, 0) is 9.59 Å². The Labute approximate surface area is 176 Å². The van der Waals surface area contributed by atoms with E-state index in [-0.39, 0.29) is 41.4 Å². The molecule has 1 aliphatic heterocycles. The van der Waals surface area contributed by atoms with Gasteiger partial charge in [-0.1, -0.05) is 0 Å². The Balaban J connectivity index is 1.38. The molecule has 2 aliphatic rings. The maximum atomic E-state index is 14.4. The van der Waals surface area contributed by atoms with Crippen molar-refractivity contribution < 1.29 is 22.8 Å². The molecule has 31 heavy (non-hydrogen) atoms. The van der Waals surface area contributed by atoms with E-state index in [4.69, 9.17) is 0 Å². The van der Waals surface area contributed by atoms with Crippen molar-refractivity contribution in [1.82, 2.24) is 15.6 Å². The minimum Gasteiger partial charge on any atom is -0.354 e. The SMILES string of the molecule is O=C1C[C@H](C(=O)NC[C@H]2C[C@H](c3c(-c4ccc(F)cc4)[nH]c4c(F)cc(F)cc43)C2)N1. The average molecular weight is 427 g/mol. The van der Waals surface area contributed by atoms with Crippen molar-refractivity contribution in [2.75, 3.05) is 6.54 Å². The summed E-state index contributed by atoms with van der Waals surface area (Å²) >= 11 is 0. The van der Waals surface area contributed by atoms with Crippen LogP contribution in [0.3, 0.4) is 0 Å². The van der Waals surface area contributed by atoms with Crippen LogP contribution >= 0.6 is 0 Å². The van der Waals surface area contributed by atoms with Gasteiger partial charge in [0, 0.05) is 18.0 Å². The molecular formula is C23H20F3N3O2. The minimum atomic E-state index is -0.671. The van der Waals surface area contributed by atoms with E-state index in [0.717, 1.165) is 24.5 Å². The zero-order valence-corrected chi connectivity index (χ0v) is 16.5. The molecule has 1 aliphatic carbocycles. The number of halogens is 3. The van der Waals surface area contributed by atoms with Crippen molar-refractivity contribution >= 4 is 22.7 Å². The lowest BCUT2D eigenvalue weighted by Crippen LogP contribution is -2.57. The quantitative estimate of drug-likeness (QED) is 0.543. The normalized spacial score (nSPS) is 22.5. The molecule has 2 amide bonds. The summed E-state index contributed by atoms with van der Waals surface area (Å²) in [6, 6.07) is 7.61. The Kier molecular flexibility index (Phi) is 4.72. The molecule has 0 spiro atoms. The van der Waals surface area contributed by atoms with E-state index in [9.17, 15) is 22.8 Å². The third-order valence-corrected chi connectivity index (χ3v) is 6.25. The Morgan fingerprint density at radius 1 is 1.06 bits per heavy atom. The number of benzene rings is 2. The molecule has 1 atom stereocenters. The van der Waals surface area contributed by atoms with E-state index < -0.39 is 17.7 Å². The molecule has 2 aromatic carbocycles. The number of aromatic amines is 1. The van der Waals surface area contributed by atoms with Gasteiger partial charge in [0.05, 0.1) is 17.6 Å². The summed E-state index contributed by atoms with van der Waals surface area (Å²) in [4.78, 5) is 26.0. The number of H-pyrrole nitrogens is 1. The second-order valence-electron chi connectivity index (χ2n) is 8.33. The van der Waals surface area contributed by atoms with E-state index >= 15 is 0 Å². The molecule has 0 bridgehead atoms. The predicted octanol–water partition coefficient (Wildman–Crippen LogP) is 3.75. The number of amides is 2. The molecule has 8 heteroatoms. The number of rotatable bonds is 5. The summed E-state index contributed by atoms with van der Waals surface area (Å²) in [5.74, 6) is -1.73. The Bertz CT molecular complexity index is 1170. The van der Waals surface area contributed by atoms with E-state index in [1.807, 2.05) is 0 Å². The fraction of sp³-hybridized carbons (Fsp3) is 0.304. The summed E-state index contributed by atoms with van der Waals surface area (Å²) in [5, 5.41) is 5.89. The molecule has 2 fully saturated rings. The molecular weight excluding hydrogens is 407 g/mol. The maximum Gasteiger partial charge on any atom is 0.243 e. The summed E-state index contributed by atoms with van der Waals surface area (Å²) < 4.78 is 41.8. The van der Waals surface area contributed by atoms with Gasteiger partial charge in [0.1, 0.15) is 23.5 Å². The van der Waals surface area contributed by atoms with Gasteiger partial charge < -0.3 is 15.6 Å². The van der Waals surface area contributed by atoms with Gasteiger partial charge in [-0.15, -0.1) is 0 Å². The molecule has 2 heterocycles. The van der Waals surface area contributed by atoms with Gasteiger partial charge in [-0.3, -0.25) is 9.59 Å². The van der Waals surface area contributed by atoms with Gasteiger partial charge in [0.25, 0.3) is 0 Å². The summed E-state index contributed by atoms with van der Waals surface area (Å²) in [7, 11) is 0. The second kappa shape index (κ2) is 7.44. The first-order chi connectivity index (χ1) is 14.9. The molecule has 5 nitrogen and oxygen atoms in total. The number of carbonyl (C=O) groups excluding carboxylic acids is 2. The predicted molar refractivity (Wildman–Crippen MR) is 109 cm³/mol. The lowest BCUT2D eigenvalue weighted by atomic mass is 9.70. The number of aromatic nitrogens is 1. The largest absolute Gasteiger partial charge is 0.354 e. The minimum absolute atomic E-state index is 0.0558. The lowest BCUT2D eigenvalue weighted by molar-refractivity contribution is -0.137. The maximum absolute atomic E-state index is 14.4. The highest BCUT2D eigenvalue weighted by Gasteiger charge is 2.36. The molecule has 1 aromatic heterocycles. The highest BCUT2D eigenvalue weighted by molar-refractivity contribution is 5.97. The molecule has 0 unspecified atom stereocenters. The highest BCUT2D eigenvalue weighted by atomic mass is 19.1. The van der Waals surface area contributed by atoms with E-state index in [1.54, 1.807) is 12.1 Å². The molecule has 3 aromatic rings. The van der Waals surface area contributed by atoms with Gasteiger partial charge in [-0.2, -0.15) is 0 Å². The van der Waals surface area contributed by atoms with E-state index in [1.165, 1.54) is 18.2 Å². The first-order valence-electron chi connectivity index (χ1n) is 10.2. The van der Waals surface area contributed by atoms with Crippen molar-refractivity contribution in [2.45, 2.75) is 31.2 Å². The van der Waals surface area contributed by atoms with Gasteiger partial charge in [0.2, 0.25) is 11.8 Å². The van der Waals surface area contributed by atoms with Crippen LogP contribution in [0.15, 0.2) is 36.4 Å². The highest BCUT2D eigenvalue weighted by Crippen LogP contribution is 2.48. The molecule has 1 saturated heterocycles. The van der Waals surface area contributed by atoms with Crippen LogP contribution in [0.2, 0.25) is 0 Å². The first kappa shape index (κ1) is 19.7. The van der Waals surface area contributed by atoms with Crippen LogP contribution in [0, 0.1) is 23.4 Å². The van der Waals surface area contributed by atoms with Gasteiger partial charge in [-0.25, -0.2) is 13.2 Å². The van der Waals surface area contributed by atoms with E-state index in [2.05, 4.69) is 15.6 Å². The number of hydrogen-bond acceptors (Lipinski definition) is 2. The van der Waals surface area contributed by atoms with Gasteiger partial charge in [-0.05, 0) is 66.1 Å². The van der Waals surface area contributed by atoms with Crippen molar-refractivity contribution in [2.24, 2.45) is 5.92 Å². The van der Waals surface area contributed by atoms with Crippen LogP contribution in [0.4, 0.5) is 13.2 Å². The third-order valence-electron chi connectivity index (χ3n) is 6.25. The van der Waals surface area contributed by atoms with Crippen LogP contribution < -0.4 is 10.6 Å².